The molecule has 150 valence electrons. The number of sulfonamides is 1. The molecular formula is C21H25NO5S. The van der Waals surface area contributed by atoms with Gasteiger partial charge in [0.15, 0.2) is 0 Å². The van der Waals surface area contributed by atoms with Gasteiger partial charge >= 0.3 is 5.97 Å². The van der Waals surface area contributed by atoms with Gasteiger partial charge in [0.2, 0.25) is 10.0 Å². The first kappa shape index (κ1) is 20.4. The second kappa shape index (κ2) is 8.75. The molecule has 0 saturated carbocycles. The van der Waals surface area contributed by atoms with Gasteiger partial charge in [-0.3, -0.25) is 0 Å². The molecule has 1 fully saturated rings. The van der Waals surface area contributed by atoms with Gasteiger partial charge in [-0.2, -0.15) is 4.31 Å². The first-order chi connectivity index (χ1) is 13.5. The molecule has 3 rings (SSSR count). The highest BCUT2D eigenvalue weighted by atomic mass is 32.2. The standard InChI is InChI=1S/C21H25NO5S/c1-3-26-18-11-7-16(8-12-18)20-6-5-15-22(20)28(24,25)19-13-9-17(10-14-19)21(23)27-4-2/h7-14,20H,3-6,15H2,1-2H3. The van der Waals surface area contributed by atoms with Gasteiger partial charge in [0.25, 0.3) is 0 Å². The number of rotatable bonds is 7. The number of ether oxygens (including phenoxy) is 2. The molecule has 1 heterocycles. The van der Waals surface area contributed by atoms with Crippen molar-refractivity contribution in [2.24, 2.45) is 0 Å². The van der Waals surface area contributed by atoms with Crippen molar-refractivity contribution in [3.8, 4) is 5.75 Å². The molecule has 0 spiro atoms. The normalized spacial score (nSPS) is 17.4. The number of nitrogens with zero attached hydrogens (tertiary/aromatic N) is 1. The van der Waals surface area contributed by atoms with Crippen molar-refractivity contribution in [2.75, 3.05) is 19.8 Å². The van der Waals surface area contributed by atoms with Crippen LogP contribution in [-0.4, -0.2) is 38.5 Å². The average Bonchev–Trinajstić information content (AvgIpc) is 3.20. The fraction of sp³-hybridized carbons (Fsp3) is 0.381. The van der Waals surface area contributed by atoms with Crippen LogP contribution in [0.2, 0.25) is 0 Å². The van der Waals surface area contributed by atoms with E-state index in [0.717, 1.165) is 24.2 Å². The minimum Gasteiger partial charge on any atom is -0.494 e. The number of carbonyl (C=O) groups is 1. The summed E-state index contributed by atoms with van der Waals surface area (Å²) < 4.78 is 38.3. The number of hydrogen-bond acceptors (Lipinski definition) is 5. The zero-order valence-electron chi connectivity index (χ0n) is 16.1. The van der Waals surface area contributed by atoms with Gasteiger partial charge in [0.05, 0.1) is 29.7 Å². The van der Waals surface area contributed by atoms with Crippen LogP contribution in [0.15, 0.2) is 53.4 Å². The van der Waals surface area contributed by atoms with E-state index in [4.69, 9.17) is 9.47 Å². The van der Waals surface area contributed by atoms with E-state index in [1.807, 2.05) is 31.2 Å². The molecule has 6 nitrogen and oxygen atoms in total. The predicted molar refractivity (Wildman–Crippen MR) is 106 cm³/mol. The van der Waals surface area contributed by atoms with E-state index in [-0.39, 0.29) is 17.5 Å². The monoisotopic (exact) mass is 403 g/mol. The minimum atomic E-state index is -3.66. The third kappa shape index (κ3) is 4.20. The van der Waals surface area contributed by atoms with Crippen molar-refractivity contribution >= 4 is 16.0 Å². The fourth-order valence-electron chi connectivity index (χ4n) is 3.43. The van der Waals surface area contributed by atoms with E-state index >= 15 is 0 Å². The molecule has 2 aromatic carbocycles. The van der Waals surface area contributed by atoms with Crippen LogP contribution in [0.3, 0.4) is 0 Å². The molecule has 0 radical (unpaired) electrons. The molecule has 1 saturated heterocycles. The smallest absolute Gasteiger partial charge is 0.338 e. The maximum absolute atomic E-state index is 13.2. The van der Waals surface area contributed by atoms with Gasteiger partial charge in [0, 0.05) is 6.54 Å². The Kier molecular flexibility index (Phi) is 6.36. The summed E-state index contributed by atoms with van der Waals surface area (Å²) in [6, 6.07) is 13.3. The van der Waals surface area contributed by atoms with Crippen molar-refractivity contribution in [2.45, 2.75) is 37.6 Å². The lowest BCUT2D eigenvalue weighted by Crippen LogP contribution is -2.30. The van der Waals surface area contributed by atoms with Crippen LogP contribution in [-0.2, 0) is 14.8 Å². The molecule has 28 heavy (non-hydrogen) atoms. The van der Waals surface area contributed by atoms with Crippen LogP contribution in [0, 0.1) is 0 Å². The van der Waals surface area contributed by atoms with Gasteiger partial charge in [-0.25, -0.2) is 13.2 Å². The van der Waals surface area contributed by atoms with Crippen LogP contribution in [0.4, 0.5) is 0 Å². The summed E-state index contributed by atoms with van der Waals surface area (Å²) in [6.45, 7) is 4.99. The molecule has 7 heteroatoms. The Bertz CT molecular complexity index is 907. The van der Waals surface area contributed by atoms with Crippen molar-refractivity contribution < 1.29 is 22.7 Å². The second-order valence-corrected chi connectivity index (χ2v) is 8.41. The van der Waals surface area contributed by atoms with E-state index in [1.165, 1.54) is 24.3 Å². The van der Waals surface area contributed by atoms with Crippen LogP contribution < -0.4 is 4.74 Å². The summed E-state index contributed by atoms with van der Waals surface area (Å²) in [7, 11) is -3.66. The largest absolute Gasteiger partial charge is 0.494 e. The van der Waals surface area contributed by atoms with E-state index in [1.54, 1.807) is 11.2 Å². The Balaban J connectivity index is 1.82. The Labute approximate surface area is 166 Å². The average molecular weight is 404 g/mol. The summed E-state index contributed by atoms with van der Waals surface area (Å²) >= 11 is 0. The molecule has 0 bridgehead atoms. The van der Waals surface area contributed by atoms with Crippen molar-refractivity contribution in [1.29, 1.82) is 0 Å². The van der Waals surface area contributed by atoms with Crippen LogP contribution >= 0.6 is 0 Å². The van der Waals surface area contributed by atoms with E-state index < -0.39 is 16.0 Å². The van der Waals surface area contributed by atoms with E-state index in [9.17, 15) is 13.2 Å². The molecule has 1 aliphatic rings. The number of carbonyl (C=O) groups excluding carboxylic acids is 1. The lowest BCUT2D eigenvalue weighted by Gasteiger charge is -2.24. The van der Waals surface area contributed by atoms with Crippen molar-refractivity contribution in [3.63, 3.8) is 0 Å². The summed E-state index contributed by atoms with van der Waals surface area (Å²) in [6.07, 6.45) is 1.58. The SMILES string of the molecule is CCOC(=O)c1ccc(S(=O)(=O)N2CCCC2c2ccc(OCC)cc2)cc1. The molecule has 0 aliphatic carbocycles. The van der Waals surface area contributed by atoms with Gasteiger partial charge < -0.3 is 9.47 Å². The second-order valence-electron chi connectivity index (χ2n) is 6.52. The summed E-state index contributed by atoms with van der Waals surface area (Å²) in [5.41, 5.74) is 1.29. The quantitative estimate of drug-likeness (QED) is 0.658. The van der Waals surface area contributed by atoms with Crippen LogP contribution in [0.1, 0.15) is 48.7 Å². The third-order valence-corrected chi connectivity index (χ3v) is 6.67. The first-order valence-corrected chi connectivity index (χ1v) is 10.9. The topological polar surface area (TPSA) is 72.9 Å². The van der Waals surface area contributed by atoms with E-state index in [0.29, 0.717) is 18.7 Å². The maximum Gasteiger partial charge on any atom is 0.338 e. The first-order valence-electron chi connectivity index (χ1n) is 9.49. The zero-order valence-corrected chi connectivity index (χ0v) is 16.9. The summed E-state index contributed by atoms with van der Waals surface area (Å²) in [5.74, 6) is 0.313. The molecule has 2 aromatic rings. The van der Waals surface area contributed by atoms with Crippen molar-refractivity contribution in [1.82, 2.24) is 4.31 Å². The van der Waals surface area contributed by atoms with Gasteiger partial charge in [-0.1, -0.05) is 12.1 Å². The van der Waals surface area contributed by atoms with Crippen LogP contribution in [0.25, 0.3) is 0 Å². The third-order valence-electron chi connectivity index (χ3n) is 4.75. The highest BCUT2D eigenvalue weighted by molar-refractivity contribution is 7.89. The Hall–Kier alpha value is -2.38. The Morgan fingerprint density at radius 3 is 2.32 bits per heavy atom. The van der Waals surface area contributed by atoms with Crippen molar-refractivity contribution in [3.05, 3.63) is 59.7 Å². The molecule has 1 atom stereocenters. The predicted octanol–water partition coefficient (Wildman–Crippen LogP) is 3.79. The highest BCUT2D eigenvalue weighted by Crippen LogP contribution is 2.37. The van der Waals surface area contributed by atoms with Gasteiger partial charge in [-0.15, -0.1) is 0 Å². The van der Waals surface area contributed by atoms with E-state index in [2.05, 4.69) is 0 Å². The Morgan fingerprint density at radius 2 is 1.71 bits per heavy atom. The molecule has 1 aliphatic heterocycles. The Morgan fingerprint density at radius 1 is 1.04 bits per heavy atom. The number of esters is 1. The molecule has 0 aromatic heterocycles. The fourth-order valence-corrected chi connectivity index (χ4v) is 5.11. The lowest BCUT2D eigenvalue weighted by atomic mass is 10.1. The van der Waals surface area contributed by atoms with Crippen LogP contribution in [0.5, 0.6) is 5.75 Å². The zero-order chi connectivity index (χ0) is 20.1. The molecule has 0 N–H and O–H groups in total. The maximum atomic E-state index is 13.2. The van der Waals surface area contributed by atoms with Gasteiger partial charge in [-0.05, 0) is 68.7 Å². The number of hydrogen-bond donors (Lipinski definition) is 0. The number of benzene rings is 2. The molecule has 1 unspecified atom stereocenters. The summed E-state index contributed by atoms with van der Waals surface area (Å²) in [4.78, 5) is 12.0. The molecular weight excluding hydrogens is 378 g/mol. The molecule has 0 amide bonds. The minimum absolute atomic E-state index is 0.179. The highest BCUT2D eigenvalue weighted by Gasteiger charge is 2.36. The van der Waals surface area contributed by atoms with Gasteiger partial charge in [0.1, 0.15) is 5.75 Å². The summed E-state index contributed by atoms with van der Waals surface area (Å²) in [5, 5.41) is 0. The lowest BCUT2D eigenvalue weighted by molar-refractivity contribution is 0.0526.